The van der Waals surface area contributed by atoms with Crippen molar-refractivity contribution in [2.75, 3.05) is 6.61 Å². The van der Waals surface area contributed by atoms with Crippen LogP contribution in [0.25, 0.3) is 10.8 Å². The zero-order valence-electron chi connectivity index (χ0n) is 11.3. The average Bonchev–Trinajstić information content (AvgIpc) is 2.43. The molecule has 0 bridgehead atoms. The number of aliphatic hydroxyl groups excluding tert-OH is 1. The Morgan fingerprint density at radius 1 is 1.21 bits per heavy atom. The van der Waals surface area contributed by atoms with E-state index in [1.54, 1.807) is 6.92 Å². The maximum absolute atomic E-state index is 9.86. The van der Waals surface area contributed by atoms with Crippen LogP contribution in [0.5, 0.6) is 5.75 Å². The van der Waals surface area contributed by atoms with Gasteiger partial charge in [0.25, 0.3) is 0 Å². The van der Waals surface area contributed by atoms with E-state index in [-0.39, 0.29) is 0 Å². The van der Waals surface area contributed by atoms with Crippen LogP contribution in [0.3, 0.4) is 0 Å². The number of ether oxygens (including phenoxy) is 1. The van der Waals surface area contributed by atoms with Crippen molar-refractivity contribution in [2.24, 2.45) is 0 Å². The molecule has 2 aromatic carbocycles. The molecule has 0 radical (unpaired) electrons. The third-order valence-corrected chi connectivity index (χ3v) is 3.01. The fourth-order valence-electron chi connectivity index (χ4n) is 2.08. The highest BCUT2D eigenvalue weighted by Gasteiger charge is 2.12. The Labute approximate surface area is 114 Å². The summed E-state index contributed by atoms with van der Waals surface area (Å²) in [5.74, 6) is 6.60. The van der Waals surface area contributed by atoms with Crippen LogP contribution in [0.2, 0.25) is 0 Å². The molecule has 1 atom stereocenters. The highest BCUT2D eigenvalue weighted by atomic mass is 16.5. The molecule has 98 valence electrons. The lowest BCUT2D eigenvalue weighted by Gasteiger charge is -2.15. The van der Waals surface area contributed by atoms with Crippen molar-refractivity contribution in [2.45, 2.75) is 26.4 Å². The number of hydrogen-bond acceptors (Lipinski definition) is 2. The van der Waals surface area contributed by atoms with Gasteiger partial charge < -0.3 is 9.84 Å². The summed E-state index contributed by atoms with van der Waals surface area (Å²) >= 11 is 0. The molecule has 19 heavy (non-hydrogen) atoms. The second-order valence-corrected chi connectivity index (χ2v) is 4.41. The molecular formula is C17H18O2. The zero-order valence-corrected chi connectivity index (χ0v) is 11.3. The predicted octanol–water partition coefficient (Wildman–Crippen LogP) is 3.69. The van der Waals surface area contributed by atoms with Gasteiger partial charge in [-0.1, -0.05) is 36.4 Å². The van der Waals surface area contributed by atoms with Crippen LogP contribution in [0.1, 0.15) is 31.9 Å². The van der Waals surface area contributed by atoms with Crippen molar-refractivity contribution in [1.82, 2.24) is 0 Å². The maximum atomic E-state index is 9.86. The number of aliphatic hydroxyl groups is 1. The van der Waals surface area contributed by atoms with Crippen LogP contribution in [0, 0.1) is 11.8 Å². The first kappa shape index (κ1) is 13.5. The summed E-state index contributed by atoms with van der Waals surface area (Å²) in [5, 5.41) is 12.0. The SMILES string of the molecule is CC#CCCOc1c([C@H](C)O)ccc2ccccc12. The van der Waals surface area contributed by atoms with E-state index in [9.17, 15) is 5.11 Å². The molecule has 2 heteroatoms. The summed E-state index contributed by atoms with van der Waals surface area (Å²) < 4.78 is 5.85. The molecule has 0 unspecified atom stereocenters. The number of rotatable bonds is 4. The van der Waals surface area contributed by atoms with Gasteiger partial charge in [-0.3, -0.25) is 0 Å². The number of benzene rings is 2. The summed E-state index contributed by atoms with van der Waals surface area (Å²) in [5.41, 5.74) is 0.822. The first-order valence-electron chi connectivity index (χ1n) is 6.46. The smallest absolute Gasteiger partial charge is 0.132 e. The predicted molar refractivity (Wildman–Crippen MR) is 78.1 cm³/mol. The number of fused-ring (bicyclic) bond motifs is 1. The Morgan fingerprint density at radius 3 is 2.74 bits per heavy atom. The minimum atomic E-state index is -0.545. The van der Waals surface area contributed by atoms with E-state index in [0.29, 0.717) is 13.0 Å². The molecule has 0 saturated carbocycles. The Balaban J connectivity index is 2.39. The van der Waals surface area contributed by atoms with Crippen LogP contribution in [-0.4, -0.2) is 11.7 Å². The van der Waals surface area contributed by atoms with Crippen LogP contribution >= 0.6 is 0 Å². The molecular weight excluding hydrogens is 236 g/mol. The summed E-state index contributed by atoms with van der Waals surface area (Å²) in [4.78, 5) is 0. The van der Waals surface area contributed by atoms with Gasteiger partial charge in [0.2, 0.25) is 0 Å². The van der Waals surface area contributed by atoms with Gasteiger partial charge >= 0.3 is 0 Å². The lowest BCUT2D eigenvalue weighted by Crippen LogP contribution is -2.02. The van der Waals surface area contributed by atoms with Crippen LogP contribution in [0.4, 0.5) is 0 Å². The Hall–Kier alpha value is -1.98. The van der Waals surface area contributed by atoms with Gasteiger partial charge in [0, 0.05) is 17.4 Å². The molecule has 2 nitrogen and oxygen atoms in total. The van der Waals surface area contributed by atoms with Crippen molar-refractivity contribution in [1.29, 1.82) is 0 Å². The van der Waals surface area contributed by atoms with E-state index in [1.165, 1.54) is 0 Å². The third kappa shape index (κ3) is 3.07. The lowest BCUT2D eigenvalue weighted by atomic mass is 10.0. The van der Waals surface area contributed by atoms with Gasteiger partial charge in [-0.05, 0) is 19.2 Å². The molecule has 0 saturated heterocycles. The fraction of sp³-hybridized carbons (Fsp3) is 0.294. The van der Waals surface area contributed by atoms with Gasteiger partial charge in [-0.15, -0.1) is 11.8 Å². The summed E-state index contributed by atoms with van der Waals surface area (Å²) in [6.45, 7) is 4.11. The molecule has 2 rings (SSSR count). The summed E-state index contributed by atoms with van der Waals surface area (Å²) in [7, 11) is 0. The Bertz CT molecular complexity index is 618. The second-order valence-electron chi connectivity index (χ2n) is 4.41. The van der Waals surface area contributed by atoms with Crippen molar-refractivity contribution in [3.05, 3.63) is 42.0 Å². The van der Waals surface area contributed by atoms with Gasteiger partial charge in [0.15, 0.2) is 0 Å². The molecule has 0 aliphatic carbocycles. The average molecular weight is 254 g/mol. The molecule has 0 heterocycles. The Kier molecular flexibility index (Phi) is 4.43. The molecule has 0 aliphatic heterocycles. The van der Waals surface area contributed by atoms with E-state index in [4.69, 9.17) is 4.74 Å². The molecule has 0 amide bonds. The normalized spacial score (nSPS) is 11.7. The fourth-order valence-corrected chi connectivity index (χ4v) is 2.08. The van der Waals surface area contributed by atoms with Crippen molar-refractivity contribution in [3.8, 4) is 17.6 Å². The van der Waals surface area contributed by atoms with Crippen LogP contribution < -0.4 is 4.74 Å². The van der Waals surface area contributed by atoms with Gasteiger partial charge in [-0.25, -0.2) is 0 Å². The van der Waals surface area contributed by atoms with E-state index >= 15 is 0 Å². The van der Waals surface area contributed by atoms with Crippen molar-refractivity contribution >= 4 is 10.8 Å². The van der Waals surface area contributed by atoms with E-state index in [0.717, 1.165) is 22.1 Å². The first-order valence-corrected chi connectivity index (χ1v) is 6.46. The van der Waals surface area contributed by atoms with Crippen LogP contribution in [0.15, 0.2) is 36.4 Å². The van der Waals surface area contributed by atoms with Gasteiger partial charge in [-0.2, -0.15) is 0 Å². The highest BCUT2D eigenvalue weighted by Crippen LogP contribution is 2.33. The molecule has 1 N–H and O–H groups in total. The Morgan fingerprint density at radius 2 is 2.00 bits per heavy atom. The molecule has 0 aromatic heterocycles. The van der Waals surface area contributed by atoms with Gasteiger partial charge in [0.05, 0.1) is 12.7 Å². The second kappa shape index (κ2) is 6.26. The first-order chi connectivity index (χ1) is 9.24. The zero-order chi connectivity index (χ0) is 13.7. The molecule has 0 spiro atoms. The highest BCUT2D eigenvalue weighted by molar-refractivity contribution is 5.89. The van der Waals surface area contributed by atoms with Gasteiger partial charge in [0.1, 0.15) is 5.75 Å². The minimum Gasteiger partial charge on any atom is -0.492 e. The molecule has 0 fully saturated rings. The third-order valence-electron chi connectivity index (χ3n) is 3.01. The lowest BCUT2D eigenvalue weighted by molar-refractivity contribution is 0.192. The molecule has 2 aromatic rings. The topological polar surface area (TPSA) is 29.5 Å². The number of hydrogen-bond donors (Lipinski definition) is 1. The van der Waals surface area contributed by atoms with E-state index in [1.807, 2.05) is 43.3 Å². The standard InChI is InChI=1S/C17H18O2/c1-3-4-7-12-19-17-15(13(2)18)11-10-14-8-5-6-9-16(14)17/h5-6,8-11,13,18H,7,12H2,1-2H3/t13-/m0/s1. The summed E-state index contributed by atoms with van der Waals surface area (Å²) in [6, 6.07) is 12.0. The molecule has 0 aliphatic rings. The quantitative estimate of drug-likeness (QED) is 0.666. The van der Waals surface area contributed by atoms with Crippen molar-refractivity contribution < 1.29 is 9.84 Å². The monoisotopic (exact) mass is 254 g/mol. The van der Waals surface area contributed by atoms with Crippen molar-refractivity contribution in [3.63, 3.8) is 0 Å². The van der Waals surface area contributed by atoms with E-state index in [2.05, 4.69) is 11.8 Å². The maximum Gasteiger partial charge on any atom is 0.132 e. The van der Waals surface area contributed by atoms with E-state index < -0.39 is 6.10 Å². The minimum absolute atomic E-state index is 0.536. The summed E-state index contributed by atoms with van der Waals surface area (Å²) in [6.07, 6.45) is 0.149. The largest absolute Gasteiger partial charge is 0.492 e. The van der Waals surface area contributed by atoms with Crippen LogP contribution in [-0.2, 0) is 0 Å².